The molecular weight excluding hydrogens is 404 g/mol. The van der Waals surface area contributed by atoms with E-state index in [1.807, 2.05) is 42.5 Å². The number of amides is 1. The van der Waals surface area contributed by atoms with Gasteiger partial charge in [0.05, 0.1) is 12.3 Å². The van der Waals surface area contributed by atoms with Gasteiger partial charge in [-0.1, -0.05) is 55.5 Å². The molecule has 0 saturated heterocycles. The Morgan fingerprint density at radius 1 is 1.10 bits per heavy atom. The summed E-state index contributed by atoms with van der Waals surface area (Å²) in [5.41, 5.74) is 1.84. The van der Waals surface area contributed by atoms with E-state index in [9.17, 15) is 9.59 Å². The molecule has 3 aromatic rings. The Balaban J connectivity index is 1.83. The Hall–Kier alpha value is -2.64. The minimum atomic E-state index is -0.445. The number of esters is 1. The molecule has 0 atom stereocenters. The van der Waals surface area contributed by atoms with Gasteiger partial charge in [-0.2, -0.15) is 0 Å². The molecule has 0 radical (unpaired) electrons. The van der Waals surface area contributed by atoms with E-state index < -0.39 is 5.97 Å². The van der Waals surface area contributed by atoms with Gasteiger partial charge in [-0.25, -0.2) is 9.78 Å². The predicted molar refractivity (Wildman–Crippen MR) is 119 cm³/mol. The minimum absolute atomic E-state index is 0.269. The molecule has 0 unspecified atom stereocenters. The van der Waals surface area contributed by atoms with E-state index in [1.54, 1.807) is 30.8 Å². The number of thioether (sulfide) groups is 1. The Labute approximate surface area is 178 Å². The third kappa shape index (κ3) is 5.46. The first-order chi connectivity index (χ1) is 14.0. The zero-order chi connectivity index (χ0) is 20.8. The van der Waals surface area contributed by atoms with Gasteiger partial charge in [0.15, 0.2) is 5.13 Å². The fourth-order valence-corrected chi connectivity index (χ4v) is 4.34. The maximum absolute atomic E-state index is 12.6. The second-order valence-electron chi connectivity index (χ2n) is 6.43. The Bertz CT molecular complexity index is 983. The van der Waals surface area contributed by atoms with Crippen molar-refractivity contribution in [2.45, 2.75) is 30.9 Å². The van der Waals surface area contributed by atoms with Crippen molar-refractivity contribution in [3.8, 4) is 11.3 Å². The highest BCUT2D eigenvalue weighted by Gasteiger charge is 2.21. The first kappa shape index (κ1) is 21.1. The summed E-state index contributed by atoms with van der Waals surface area (Å²) in [5, 5.41) is 3.63. The average Bonchev–Trinajstić information content (AvgIpc) is 3.13. The molecule has 0 saturated carbocycles. The van der Waals surface area contributed by atoms with Gasteiger partial charge in [0.1, 0.15) is 4.88 Å². The number of hydrogen-bond acceptors (Lipinski definition) is 6. The molecule has 0 aliphatic carbocycles. The topological polar surface area (TPSA) is 68.3 Å². The van der Waals surface area contributed by atoms with Gasteiger partial charge in [0.25, 0.3) is 5.91 Å². The van der Waals surface area contributed by atoms with E-state index in [-0.39, 0.29) is 12.5 Å². The Kier molecular flexibility index (Phi) is 7.06. The molecule has 1 amide bonds. The summed E-state index contributed by atoms with van der Waals surface area (Å²) >= 11 is 2.86. The maximum atomic E-state index is 12.6. The van der Waals surface area contributed by atoms with Crippen molar-refractivity contribution < 1.29 is 14.3 Å². The highest BCUT2D eigenvalue weighted by Crippen LogP contribution is 2.32. The van der Waals surface area contributed by atoms with Gasteiger partial charge in [-0.3, -0.25) is 10.1 Å². The van der Waals surface area contributed by atoms with Crippen LogP contribution in [0.25, 0.3) is 11.3 Å². The molecule has 5 nitrogen and oxygen atoms in total. The minimum Gasteiger partial charge on any atom is -0.462 e. The molecular formula is C22H22N2O3S2. The number of anilines is 1. The number of aromatic nitrogens is 1. The monoisotopic (exact) mass is 426 g/mol. The Morgan fingerprint density at radius 2 is 1.79 bits per heavy atom. The lowest BCUT2D eigenvalue weighted by Crippen LogP contribution is -2.11. The summed E-state index contributed by atoms with van der Waals surface area (Å²) in [6.45, 7) is 6.27. The van der Waals surface area contributed by atoms with Gasteiger partial charge in [-0.05, 0) is 31.2 Å². The van der Waals surface area contributed by atoms with Crippen LogP contribution >= 0.6 is 23.1 Å². The van der Waals surface area contributed by atoms with Crippen molar-refractivity contribution in [3.63, 3.8) is 0 Å². The summed E-state index contributed by atoms with van der Waals surface area (Å²) in [6, 6.07) is 16.8. The van der Waals surface area contributed by atoms with E-state index in [1.165, 1.54) is 0 Å². The summed E-state index contributed by atoms with van der Waals surface area (Å²) in [7, 11) is 0. The van der Waals surface area contributed by atoms with Gasteiger partial charge < -0.3 is 4.74 Å². The summed E-state index contributed by atoms with van der Waals surface area (Å²) < 4.78 is 5.15. The van der Waals surface area contributed by atoms with Crippen molar-refractivity contribution in [2.24, 2.45) is 0 Å². The fourth-order valence-electron chi connectivity index (χ4n) is 2.63. The lowest BCUT2D eigenvalue weighted by molar-refractivity contribution is 0.0532. The summed E-state index contributed by atoms with van der Waals surface area (Å²) in [6.07, 6.45) is 0. The van der Waals surface area contributed by atoms with Crippen LogP contribution in [0.2, 0.25) is 0 Å². The van der Waals surface area contributed by atoms with Crippen LogP contribution in [0.5, 0.6) is 0 Å². The lowest BCUT2D eigenvalue weighted by atomic mass is 10.1. The van der Waals surface area contributed by atoms with E-state index in [4.69, 9.17) is 4.74 Å². The molecule has 0 spiro atoms. The van der Waals surface area contributed by atoms with E-state index in [0.717, 1.165) is 21.8 Å². The zero-order valence-corrected chi connectivity index (χ0v) is 18.1. The number of rotatable bonds is 7. The summed E-state index contributed by atoms with van der Waals surface area (Å²) in [5.74, 6) is -0.714. The molecule has 0 aliphatic rings. The second-order valence-corrected chi connectivity index (χ2v) is 9.08. The molecule has 1 aromatic heterocycles. The van der Waals surface area contributed by atoms with Crippen LogP contribution in [0.1, 0.15) is 40.8 Å². The number of nitrogens with zero attached hydrogens (tertiary/aromatic N) is 1. The van der Waals surface area contributed by atoms with Crippen LogP contribution < -0.4 is 5.32 Å². The number of carbonyl (C=O) groups excluding carboxylic acids is 2. The molecule has 1 heterocycles. The van der Waals surface area contributed by atoms with E-state index in [2.05, 4.69) is 24.1 Å². The highest BCUT2D eigenvalue weighted by atomic mass is 32.2. The lowest BCUT2D eigenvalue weighted by Gasteiger charge is -2.06. The van der Waals surface area contributed by atoms with Crippen molar-refractivity contribution in [3.05, 3.63) is 65.0 Å². The van der Waals surface area contributed by atoms with Crippen LogP contribution in [-0.4, -0.2) is 28.7 Å². The Morgan fingerprint density at radius 3 is 2.41 bits per heavy atom. The van der Waals surface area contributed by atoms with Crippen LogP contribution in [0, 0.1) is 0 Å². The number of nitrogens with one attached hydrogen (secondary N) is 1. The van der Waals surface area contributed by atoms with E-state index >= 15 is 0 Å². The van der Waals surface area contributed by atoms with E-state index in [0.29, 0.717) is 26.5 Å². The van der Waals surface area contributed by atoms with Crippen molar-refractivity contribution in [1.29, 1.82) is 0 Å². The first-order valence-corrected chi connectivity index (χ1v) is 11.0. The molecule has 7 heteroatoms. The van der Waals surface area contributed by atoms with Gasteiger partial charge >= 0.3 is 5.97 Å². The normalized spacial score (nSPS) is 10.8. The molecule has 2 aromatic carbocycles. The third-order valence-corrected chi connectivity index (χ3v) is 5.81. The number of hydrogen-bond donors (Lipinski definition) is 1. The largest absolute Gasteiger partial charge is 0.462 e. The zero-order valence-electron chi connectivity index (χ0n) is 16.5. The quantitative estimate of drug-likeness (QED) is 0.385. The van der Waals surface area contributed by atoms with Gasteiger partial charge in [0.2, 0.25) is 0 Å². The first-order valence-electron chi connectivity index (χ1n) is 9.29. The molecule has 0 fully saturated rings. The predicted octanol–water partition coefficient (Wildman–Crippen LogP) is 5.74. The SMILES string of the molecule is CCOC(=O)c1sc(NC(=O)c2ccc(SC(C)C)cc2)nc1-c1ccccc1. The molecule has 150 valence electrons. The molecule has 0 aliphatic heterocycles. The average molecular weight is 427 g/mol. The highest BCUT2D eigenvalue weighted by molar-refractivity contribution is 7.99. The van der Waals surface area contributed by atoms with Crippen LogP contribution in [0.15, 0.2) is 59.5 Å². The van der Waals surface area contributed by atoms with Crippen molar-refractivity contribution in [2.75, 3.05) is 11.9 Å². The number of carbonyl (C=O) groups is 2. The number of benzene rings is 2. The fraction of sp³-hybridized carbons (Fsp3) is 0.227. The number of thiazole rings is 1. The standard InChI is InChI=1S/C22H22N2O3S2/c1-4-27-21(26)19-18(15-8-6-5-7-9-15)23-22(29-19)24-20(25)16-10-12-17(13-11-16)28-14(2)3/h5-14H,4H2,1-3H3,(H,23,24,25). The van der Waals surface area contributed by atoms with Crippen LogP contribution in [0.4, 0.5) is 5.13 Å². The molecule has 0 bridgehead atoms. The number of ether oxygens (including phenoxy) is 1. The smallest absolute Gasteiger partial charge is 0.350 e. The van der Waals surface area contributed by atoms with Gasteiger partial charge in [0, 0.05) is 21.3 Å². The maximum Gasteiger partial charge on any atom is 0.350 e. The van der Waals surface area contributed by atoms with Gasteiger partial charge in [-0.15, -0.1) is 11.8 Å². The second kappa shape index (κ2) is 9.71. The molecule has 3 rings (SSSR count). The van der Waals surface area contributed by atoms with Crippen LogP contribution in [0.3, 0.4) is 0 Å². The molecule has 1 N–H and O–H groups in total. The summed E-state index contributed by atoms with van der Waals surface area (Å²) in [4.78, 5) is 31.0. The third-order valence-electron chi connectivity index (χ3n) is 3.84. The molecule has 29 heavy (non-hydrogen) atoms. The van der Waals surface area contributed by atoms with Crippen molar-refractivity contribution in [1.82, 2.24) is 4.98 Å². The van der Waals surface area contributed by atoms with Crippen LogP contribution in [-0.2, 0) is 4.74 Å². The van der Waals surface area contributed by atoms with Crippen molar-refractivity contribution >= 4 is 40.1 Å².